The molecule has 0 spiro atoms. The molecule has 0 amide bonds. The quantitative estimate of drug-likeness (QED) is 0.747. The molecule has 3 heteroatoms. The van der Waals surface area contributed by atoms with Gasteiger partial charge >= 0.3 is 5.97 Å². The fraction of sp³-hybridized carbons (Fsp3) is 0.286. The van der Waals surface area contributed by atoms with E-state index >= 15 is 0 Å². The van der Waals surface area contributed by atoms with E-state index in [0.717, 1.165) is 12.1 Å². The highest BCUT2D eigenvalue weighted by atomic mass is 16.5. The number of benzene rings is 1. The summed E-state index contributed by atoms with van der Waals surface area (Å²) in [5.74, 6) is -0.0726. The summed E-state index contributed by atoms with van der Waals surface area (Å²) < 4.78 is 5.24. The Bertz CT molecular complexity index is 449. The third kappa shape index (κ3) is 3.28. The Morgan fingerprint density at radius 2 is 2.18 bits per heavy atom. The van der Waals surface area contributed by atoms with Crippen LogP contribution in [0.25, 0.3) is 0 Å². The molecule has 0 saturated heterocycles. The van der Waals surface area contributed by atoms with Crippen LogP contribution < -0.4 is 0 Å². The van der Waals surface area contributed by atoms with Crippen molar-refractivity contribution in [2.75, 3.05) is 6.61 Å². The molecule has 1 aliphatic rings. The molecule has 2 rings (SSSR count). The summed E-state index contributed by atoms with van der Waals surface area (Å²) in [6.07, 6.45) is 4.80. The first-order valence-corrected chi connectivity index (χ1v) is 5.69. The second-order valence-electron chi connectivity index (χ2n) is 4.08. The number of carbonyl (C=O) groups is 1. The van der Waals surface area contributed by atoms with Gasteiger partial charge in [-0.2, -0.15) is 0 Å². The molecule has 1 atom stereocenters. The maximum Gasteiger partial charge on any atom is 0.338 e. The number of allylic oxidation sites excluding steroid dienone is 2. The van der Waals surface area contributed by atoms with E-state index in [0.29, 0.717) is 12.2 Å². The van der Waals surface area contributed by atoms with Crippen molar-refractivity contribution >= 4 is 12.2 Å². The van der Waals surface area contributed by atoms with Crippen LogP contribution in [-0.4, -0.2) is 18.8 Å². The summed E-state index contributed by atoms with van der Waals surface area (Å²) in [6.45, 7) is 2.35. The summed E-state index contributed by atoms with van der Waals surface area (Å²) in [5, 5.41) is 0. The van der Waals surface area contributed by atoms with Gasteiger partial charge in [0.25, 0.3) is 0 Å². The highest BCUT2D eigenvalue weighted by molar-refractivity contribution is 5.89. The van der Waals surface area contributed by atoms with Crippen molar-refractivity contribution in [1.82, 2.24) is 0 Å². The molecular formula is C14H15NO2. The number of rotatable bonds is 3. The molecule has 0 fully saturated rings. The van der Waals surface area contributed by atoms with Crippen LogP contribution in [0.4, 0.5) is 0 Å². The van der Waals surface area contributed by atoms with Gasteiger partial charge in [0.2, 0.25) is 0 Å². The normalized spacial score (nSPS) is 18.6. The van der Waals surface area contributed by atoms with Gasteiger partial charge < -0.3 is 4.74 Å². The van der Waals surface area contributed by atoms with Crippen molar-refractivity contribution in [3.63, 3.8) is 0 Å². The van der Waals surface area contributed by atoms with E-state index in [9.17, 15) is 4.79 Å². The second kappa shape index (κ2) is 5.43. The summed E-state index contributed by atoms with van der Waals surface area (Å²) in [4.78, 5) is 15.9. The number of hydrogen-bond donors (Lipinski definition) is 0. The fourth-order valence-electron chi connectivity index (χ4n) is 1.61. The average molecular weight is 229 g/mol. The Labute approximate surface area is 101 Å². The molecule has 0 radical (unpaired) electrons. The lowest BCUT2D eigenvalue weighted by atomic mass is 10.1. The van der Waals surface area contributed by atoms with Crippen molar-refractivity contribution in [2.45, 2.75) is 13.3 Å². The summed E-state index contributed by atoms with van der Waals surface area (Å²) in [6, 6.07) is 9.02. The van der Waals surface area contributed by atoms with E-state index < -0.39 is 0 Å². The molecule has 0 N–H and O–H groups in total. The maximum absolute atomic E-state index is 11.7. The Hall–Kier alpha value is -1.90. The number of esters is 1. The predicted molar refractivity (Wildman–Crippen MR) is 67.1 cm³/mol. The first-order chi connectivity index (χ1) is 8.25. The minimum absolute atomic E-state index is 0.200. The minimum Gasteiger partial charge on any atom is -0.461 e. The molecule has 0 saturated carbocycles. The zero-order valence-electron chi connectivity index (χ0n) is 9.80. The van der Waals surface area contributed by atoms with E-state index in [1.807, 2.05) is 31.3 Å². The third-order valence-corrected chi connectivity index (χ3v) is 2.64. The first-order valence-electron chi connectivity index (χ1n) is 5.69. The summed E-state index contributed by atoms with van der Waals surface area (Å²) in [7, 11) is 0. The summed E-state index contributed by atoms with van der Waals surface area (Å²) in [5.41, 5.74) is 1.61. The number of ether oxygens (including phenoxy) is 1. The lowest BCUT2D eigenvalue weighted by Crippen LogP contribution is -2.16. The highest BCUT2D eigenvalue weighted by Gasteiger charge is 2.12. The largest absolute Gasteiger partial charge is 0.461 e. The molecule has 3 nitrogen and oxygen atoms in total. The smallest absolute Gasteiger partial charge is 0.338 e. The van der Waals surface area contributed by atoms with Crippen LogP contribution in [0.15, 0.2) is 47.1 Å². The highest BCUT2D eigenvalue weighted by Crippen LogP contribution is 2.13. The maximum atomic E-state index is 11.7. The number of carbonyl (C=O) groups excluding carboxylic acids is 1. The van der Waals surface area contributed by atoms with Crippen LogP contribution >= 0.6 is 0 Å². The average Bonchev–Trinajstić information content (AvgIpc) is 2.39. The Balaban J connectivity index is 1.84. The van der Waals surface area contributed by atoms with Crippen LogP contribution in [0, 0.1) is 5.92 Å². The first kappa shape index (κ1) is 11.6. The van der Waals surface area contributed by atoms with E-state index in [2.05, 4.69) is 11.1 Å². The van der Waals surface area contributed by atoms with Gasteiger partial charge in [0.1, 0.15) is 0 Å². The summed E-state index contributed by atoms with van der Waals surface area (Å²) >= 11 is 0. The minimum atomic E-state index is -0.273. The molecule has 1 aliphatic heterocycles. The van der Waals surface area contributed by atoms with E-state index in [4.69, 9.17) is 4.74 Å². The van der Waals surface area contributed by atoms with Crippen LogP contribution in [0.5, 0.6) is 0 Å². The molecule has 1 unspecified atom stereocenters. The molecule has 1 heterocycles. The molecule has 17 heavy (non-hydrogen) atoms. The van der Waals surface area contributed by atoms with Crippen LogP contribution in [0.3, 0.4) is 0 Å². The van der Waals surface area contributed by atoms with E-state index in [-0.39, 0.29) is 11.9 Å². The van der Waals surface area contributed by atoms with Gasteiger partial charge in [0, 0.05) is 17.8 Å². The van der Waals surface area contributed by atoms with Crippen molar-refractivity contribution < 1.29 is 9.53 Å². The molecule has 88 valence electrons. The number of nitrogens with zero attached hydrogens (tertiary/aromatic N) is 1. The van der Waals surface area contributed by atoms with Crippen molar-refractivity contribution in [3.8, 4) is 0 Å². The second-order valence-corrected chi connectivity index (χ2v) is 4.08. The molecule has 1 aromatic carbocycles. The van der Waals surface area contributed by atoms with Gasteiger partial charge in [-0.25, -0.2) is 4.79 Å². The topological polar surface area (TPSA) is 38.7 Å². The lowest BCUT2D eigenvalue weighted by molar-refractivity contribution is 0.0476. The van der Waals surface area contributed by atoms with Crippen molar-refractivity contribution in [3.05, 3.63) is 47.7 Å². The van der Waals surface area contributed by atoms with Crippen LogP contribution in [0.1, 0.15) is 23.7 Å². The standard InChI is InChI=1S/C14H15NO2/c1-11-7-8-12(9-15-11)10-17-14(16)13-5-3-2-4-6-13/h2-7,9,12H,8,10H2,1H3. The zero-order chi connectivity index (χ0) is 12.1. The zero-order valence-corrected chi connectivity index (χ0v) is 9.80. The van der Waals surface area contributed by atoms with Crippen molar-refractivity contribution in [1.29, 1.82) is 0 Å². The SMILES string of the molecule is CC1=CCC(COC(=O)c2ccccc2)C=N1. The Morgan fingerprint density at radius 1 is 1.41 bits per heavy atom. The van der Waals surface area contributed by atoms with E-state index in [1.54, 1.807) is 12.1 Å². The number of hydrogen-bond acceptors (Lipinski definition) is 3. The van der Waals surface area contributed by atoms with Crippen LogP contribution in [-0.2, 0) is 4.74 Å². The van der Waals surface area contributed by atoms with Crippen molar-refractivity contribution in [2.24, 2.45) is 10.9 Å². The molecular weight excluding hydrogens is 214 g/mol. The number of aliphatic imine (C=N–C) groups is 1. The predicted octanol–water partition coefficient (Wildman–Crippen LogP) is 2.84. The van der Waals surface area contributed by atoms with E-state index in [1.165, 1.54) is 0 Å². The van der Waals surface area contributed by atoms with Gasteiger partial charge in [0.15, 0.2) is 0 Å². The third-order valence-electron chi connectivity index (χ3n) is 2.64. The molecule has 0 bridgehead atoms. The van der Waals surface area contributed by atoms with Gasteiger partial charge in [0.05, 0.1) is 12.2 Å². The molecule has 0 aromatic heterocycles. The Morgan fingerprint density at radius 3 is 2.82 bits per heavy atom. The van der Waals surface area contributed by atoms with Gasteiger partial charge in [-0.1, -0.05) is 24.3 Å². The molecule has 1 aromatic rings. The lowest BCUT2D eigenvalue weighted by Gasteiger charge is -2.14. The molecule has 0 aliphatic carbocycles. The fourth-order valence-corrected chi connectivity index (χ4v) is 1.61. The Kier molecular flexibility index (Phi) is 3.70. The monoisotopic (exact) mass is 229 g/mol. The van der Waals surface area contributed by atoms with Crippen LogP contribution in [0.2, 0.25) is 0 Å². The van der Waals surface area contributed by atoms with Gasteiger partial charge in [-0.15, -0.1) is 0 Å². The van der Waals surface area contributed by atoms with Gasteiger partial charge in [-0.3, -0.25) is 4.99 Å². The van der Waals surface area contributed by atoms with Gasteiger partial charge in [-0.05, 0) is 25.5 Å².